The van der Waals surface area contributed by atoms with E-state index in [4.69, 9.17) is 44.3 Å². The number of halogens is 6. The highest BCUT2D eigenvalue weighted by molar-refractivity contribution is 6.68. The van der Waals surface area contributed by atoms with Crippen LogP contribution in [0, 0.1) is 0 Å². The van der Waals surface area contributed by atoms with E-state index < -0.39 is 21.7 Å². The van der Waals surface area contributed by atoms with Crippen LogP contribution in [-0.4, -0.2) is 33.3 Å². The zero-order valence-electron chi connectivity index (χ0n) is 14.4. The molecule has 10 heteroatoms. The van der Waals surface area contributed by atoms with E-state index in [1.54, 1.807) is 42.5 Å². The fraction of sp³-hybridized carbons (Fsp3) is 0.278. The molecule has 150 valence electrons. The summed E-state index contributed by atoms with van der Waals surface area (Å²) in [7, 11) is 1.26. The number of ether oxygens (including phenoxy) is 2. The summed E-state index contributed by atoms with van der Waals surface area (Å²) in [5, 5.41) is 2.15. The SMILES string of the molecule is C[N+](Cc1ccccc1)=C(NC1(C(Cl)(Cl)Cl)Oc2ccccc2O1)C(F)(F)F. The summed E-state index contributed by atoms with van der Waals surface area (Å²) >= 11 is 17.9. The number of amidine groups is 1. The number of hydrogen-bond donors (Lipinski definition) is 1. The van der Waals surface area contributed by atoms with Crippen molar-refractivity contribution in [1.82, 2.24) is 5.32 Å². The largest absolute Gasteiger partial charge is 0.494 e. The van der Waals surface area contributed by atoms with Gasteiger partial charge < -0.3 is 9.47 Å². The van der Waals surface area contributed by atoms with Crippen molar-refractivity contribution in [3.63, 3.8) is 0 Å². The van der Waals surface area contributed by atoms with E-state index in [0.717, 1.165) is 4.58 Å². The molecule has 28 heavy (non-hydrogen) atoms. The monoisotopic (exact) mass is 453 g/mol. The maximum Gasteiger partial charge on any atom is 0.494 e. The minimum Gasteiger partial charge on any atom is -0.411 e. The van der Waals surface area contributed by atoms with Gasteiger partial charge in [0.15, 0.2) is 11.5 Å². The molecule has 0 saturated carbocycles. The second-order valence-electron chi connectivity index (χ2n) is 6.08. The summed E-state index contributed by atoms with van der Waals surface area (Å²) in [6.45, 7) is -0.0500. The van der Waals surface area contributed by atoms with Gasteiger partial charge in [-0.1, -0.05) is 77.3 Å². The summed E-state index contributed by atoms with van der Waals surface area (Å²) in [6, 6.07) is 14.9. The molecule has 0 radical (unpaired) electrons. The molecule has 2 aromatic carbocycles. The number of benzene rings is 2. The van der Waals surface area contributed by atoms with E-state index in [9.17, 15) is 13.2 Å². The van der Waals surface area contributed by atoms with Gasteiger partial charge in [-0.3, -0.25) is 4.58 Å². The smallest absolute Gasteiger partial charge is 0.411 e. The number of hydrogen-bond acceptors (Lipinski definition) is 2. The van der Waals surface area contributed by atoms with E-state index in [-0.39, 0.29) is 18.0 Å². The van der Waals surface area contributed by atoms with Crippen LogP contribution in [0.2, 0.25) is 0 Å². The standard InChI is InChI=1S/C18H14Cl3F3N2O2/c1-26(11-12-7-3-2-4-8-12)15(16(22,23)24)25-18(17(19,20)21)27-13-9-5-6-10-14(13)28-18/h2-10H,11H2,1H3/p+1. The molecule has 4 nitrogen and oxygen atoms in total. The maximum absolute atomic E-state index is 13.8. The molecule has 0 aromatic heterocycles. The highest BCUT2D eigenvalue weighted by atomic mass is 35.6. The van der Waals surface area contributed by atoms with Gasteiger partial charge >= 0.3 is 21.7 Å². The highest BCUT2D eigenvalue weighted by Crippen LogP contribution is 2.48. The van der Waals surface area contributed by atoms with Gasteiger partial charge in [0.05, 0.1) is 7.05 Å². The Morgan fingerprint density at radius 3 is 1.93 bits per heavy atom. The van der Waals surface area contributed by atoms with E-state index >= 15 is 0 Å². The first-order chi connectivity index (χ1) is 13.0. The molecule has 0 saturated heterocycles. The molecule has 1 N–H and O–H groups in total. The zero-order valence-corrected chi connectivity index (χ0v) is 16.7. The van der Waals surface area contributed by atoms with Crippen molar-refractivity contribution >= 4 is 40.6 Å². The third-order valence-electron chi connectivity index (χ3n) is 3.93. The lowest BCUT2D eigenvalue weighted by molar-refractivity contribution is -0.524. The quantitative estimate of drug-likeness (QED) is 0.311. The first kappa shape index (κ1) is 20.9. The Balaban J connectivity index is 2.00. The first-order valence-corrected chi connectivity index (χ1v) is 9.16. The van der Waals surface area contributed by atoms with E-state index in [0.29, 0.717) is 5.56 Å². The predicted octanol–water partition coefficient (Wildman–Crippen LogP) is 4.87. The maximum atomic E-state index is 13.8. The Kier molecular flexibility index (Phi) is 5.62. The van der Waals surface area contributed by atoms with Gasteiger partial charge in [-0.05, 0) is 17.7 Å². The summed E-state index contributed by atoms with van der Waals surface area (Å²) in [6.07, 6.45) is -4.80. The van der Waals surface area contributed by atoms with Crippen LogP contribution in [0.15, 0.2) is 54.6 Å². The lowest BCUT2D eigenvalue weighted by Crippen LogP contribution is -2.66. The molecule has 1 aliphatic heterocycles. The van der Waals surface area contributed by atoms with Crippen molar-refractivity contribution in [1.29, 1.82) is 0 Å². The molecular formula is C18H15Cl3F3N2O2+. The van der Waals surface area contributed by atoms with Crippen LogP contribution in [-0.2, 0) is 6.54 Å². The third kappa shape index (κ3) is 4.26. The molecule has 1 aliphatic rings. The molecular weight excluding hydrogens is 440 g/mol. The second-order valence-corrected chi connectivity index (χ2v) is 8.36. The van der Waals surface area contributed by atoms with Gasteiger partial charge in [0.2, 0.25) is 0 Å². The van der Waals surface area contributed by atoms with E-state index in [2.05, 4.69) is 5.32 Å². The van der Waals surface area contributed by atoms with Crippen LogP contribution in [0.5, 0.6) is 11.5 Å². The van der Waals surface area contributed by atoms with Crippen molar-refractivity contribution in [2.75, 3.05) is 7.05 Å². The molecule has 0 fully saturated rings. The molecule has 0 amide bonds. The average molecular weight is 455 g/mol. The average Bonchev–Trinajstić information content (AvgIpc) is 2.99. The molecule has 0 atom stereocenters. The number of rotatable bonds is 3. The van der Waals surface area contributed by atoms with E-state index in [1.807, 2.05) is 0 Å². The van der Waals surface area contributed by atoms with Crippen molar-refractivity contribution < 1.29 is 27.2 Å². The summed E-state index contributed by atoms with van der Waals surface area (Å²) in [5.74, 6) is -3.30. The number of alkyl halides is 6. The molecule has 0 aliphatic carbocycles. The molecule has 3 rings (SSSR count). The van der Waals surface area contributed by atoms with Gasteiger partial charge in [-0.2, -0.15) is 18.5 Å². The van der Waals surface area contributed by atoms with Crippen molar-refractivity contribution in [3.05, 3.63) is 60.2 Å². The fourth-order valence-electron chi connectivity index (χ4n) is 2.66. The topological polar surface area (TPSA) is 33.5 Å². The van der Waals surface area contributed by atoms with Crippen LogP contribution in [0.4, 0.5) is 13.2 Å². The normalized spacial score (nSPS) is 16.5. The van der Waals surface area contributed by atoms with Crippen LogP contribution in [0.25, 0.3) is 0 Å². The van der Waals surface area contributed by atoms with Crippen LogP contribution in [0.3, 0.4) is 0 Å². The molecule has 0 unspecified atom stereocenters. The predicted molar refractivity (Wildman–Crippen MR) is 101 cm³/mol. The Bertz CT molecular complexity index is 859. The van der Waals surface area contributed by atoms with Crippen molar-refractivity contribution in [2.45, 2.75) is 22.4 Å². The minimum atomic E-state index is -4.80. The first-order valence-electron chi connectivity index (χ1n) is 8.03. The molecule has 1 heterocycles. The summed E-state index contributed by atoms with van der Waals surface area (Å²) in [4.78, 5) is 0. The van der Waals surface area contributed by atoms with Gasteiger partial charge in [-0.15, -0.1) is 0 Å². The Hall–Kier alpha value is -1.83. The lowest BCUT2D eigenvalue weighted by Gasteiger charge is -2.30. The number of nitrogens with zero attached hydrogens (tertiary/aromatic N) is 1. The summed E-state index contributed by atoms with van der Waals surface area (Å²) in [5.41, 5.74) is 0.660. The van der Waals surface area contributed by atoms with Crippen molar-refractivity contribution in [2.24, 2.45) is 0 Å². The van der Waals surface area contributed by atoms with Gasteiger partial charge in [0, 0.05) is 0 Å². The Morgan fingerprint density at radius 1 is 0.964 bits per heavy atom. The molecule has 0 spiro atoms. The van der Waals surface area contributed by atoms with Crippen LogP contribution >= 0.6 is 34.8 Å². The third-order valence-corrected chi connectivity index (χ3v) is 4.67. The number of para-hydroxylation sites is 2. The Morgan fingerprint density at radius 2 is 1.46 bits per heavy atom. The molecule has 2 aromatic rings. The van der Waals surface area contributed by atoms with Crippen molar-refractivity contribution in [3.8, 4) is 11.5 Å². The summed E-state index contributed by atoms with van der Waals surface area (Å²) < 4.78 is 51.1. The van der Waals surface area contributed by atoms with Crippen LogP contribution in [0.1, 0.15) is 5.56 Å². The fourth-order valence-corrected chi connectivity index (χ4v) is 3.04. The van der Waals surface area contributed by atoms with Gasteiger partial charge in [0.25, 0.3) is 0 Å². The Labute approximate surface area is 174 Å². The van der Waals surface area contributed by atoms with Crippen LogP contribution < -0.4 is 14.8 Å². The van der Waals surface area contributed by atoms with Gasteiger partial charge in [-0.25, -0.2) is 0 Å². The number of fused-ring (bicyclic) bond motifs is 1. The zero-order chi connectivity index (χ0) is 20.6. The second kappa shape index (κ2) is 7.54. The minimum absolute atomic E-state index is 0.0500. The lowest BCUT2D eigenvalue weighted by atomic mass is 10.2. The molecule has 0 bridgehead atoms. The van der Waals surface area contributed by atoms with E-state index in [1.165, 1.54) is 19.2 Å². The number of nitrogens with one attached hydrogen (secondary N) is 1. The highest BCUT2D eigenvalue weighted by Gasteiger charge is 2.66. The van der Waals surface area contributed by atoms with Gasteiger partial charge in [0.1, 0.15) is 6.54 Å².